The fourth-order valence-corrected chi connectivity index (χ4v) is 3.89. The molecule has 4 rings (SSSR count). The lowest BCUT2D eigenvalue weighted by atomic mass is 10.1. The van der Waals surface area contributed by atoms with Crippen molar-refractivity contribution in [3.05, 3.63) is 97.4 Å². The molecule has 3 heterocycles. The topological polar surface area (TPSA) is 113 Å². The number of nitriles is 1. The van der Waals surface area contributed by atoms with Crippen LogP contribution in [0.3, 0.4) is 0 Å². The summed E-state index contributed by atoms with van der Waals surface area (Å²) in [5.74, 6) is 0.433. The monoisotopic (exact) mass is 475 g/mol. The van der Waals surface area contributed by atoms with Crippen LogP contribution >= 0.6 is 11.6 Å². The molecule has 0 unspecified atom stereocenters. The summed E-state index contributed by atoms with van der Waals surface area (Å²) in [5, 5.41) is 13.3. The molecule has 1 aromatic carbocycles. The lowest BCUT2D eigenvalue weighted by molar-refractivity contribution is 0.222. The van der Waals surface area contributed by atoms with Gasteiger partial charge in [-0.25, -0.2) is 0 Å². The average molecular weight is 476 g/mol. The second kappa shape index (κ2) is 9.41. The van der Waals surface area contributed by atoms with E-state index in [-0.39, 0.29) is 22.9 Å². The van der Waals surface area contributed by atoms with Gasteiger partial charge >= 0.3 is 0 Å². The minimum Gasteiger partial charge on any atom is -0.483 e. The molecule has 0 aliphatic heterocycles. The summed E-state index contributed by atoms with van der Waals surface area (Å²) in [4.78, 5) is 32.5. The molecular weight excluding hydrogens is 454 g/mol. The molecule has 0 saturated heterocycles. The Morgan fingerprint density at radius 1 is 1.18 bits per heavy atom. The van der Waals surface area contributed by atoms with Crippen LogP contribution in [0.25, 0.3) is 10.9 Å². The zero-order chi connectivity index (χ0) is 24.4. The highest BCUT2D eigenvalue weighted by molar-refractivity contribution is 6.32. The fourth-order valence-electron chi connectivity index (χ4n) is 3.67. The van der Waals surface area contributed by atoms with Crippen molar-refractivity contribution < 1.29 is 4.74 Å². The molecule has 34 heavy (non-hydrogen) atoms. The molecule has 0 aliphatic rings. The van der Waals surface area contributed by atoms with E-state index in [0.717, 1.165) is 11.1 Å². The molecule has 0 amide bonds. The van der Waals surface area contributed by atoms with Crippen LogP contribution in [-0.2, 0) is 7.05 Å². The van der Waals surface area contributed by atoms with Crippen molar-refractivity contribution in [3.8, 4) is 11.8 Å². The van der Waals surface area contributed by atoms with Crippen molar-refractivity contribution in [2.24, 2.45) is 7.05 Å². The molecule has 9 heteroatoms. The van der Waals surface area contributed by atoms with Crippen molar-refractivity contribution in [1.82, 2.24) is 14.5 Å². The van der Waals surface area contributed by atoms with Crippen molar-refractivity contribution in [3.63, 3.8) is 0 Å². The molecule has 0 aliphatic carbocycles. The molecule has 2 atom stereocenters. The SMILES string of the molecule is C[C@H](Nc1ccc(C#N)n(C)c1=O)c1cc2cc(Cl)c(O[C@H](C)c3ccccn3)cc2[nH]c1=O. The van der Waals surface area contributed by atoms with Gasteiger partial charge in [-0.2, -0.15) is 5.26 Å². The molecule has 0 radical (unpaired) electrons. The summed E-state index contributed by atoms with van der Waals surface area (Å²) in [7, 11) is 1.52. The van der Waals surface area contributed by atoms with Gasteiger partial charge in [0.1, 0.15) is 29.3 Å². The van der Waals surface area contributed by atoms with Gasteiger partial charge in [0.15, 0.2) is 0 Å². The smallest absolute Gasteiger partial charge is 0.274 e. The molecule has 0 bridgehead atoms. The number of fused-ring (bicyclic) bond motifs is 1. The number of H-pyrrole nitrogens is 1. The molecule has 172 valence electrons. The standard InChI is InChI=1S/C25H22ClN5O3/c1-14(29-21-8-7-17(13-27)31(3)25(21)33)18-10-16-11-19(26)23(12-22(16)30-24(18)32)34-15(2)20-6-4-5-9-28-20/h4-12,14-15,29H,1-3H3,(H,30,32)/t14-,15+/m0/s1. The first-order valence-corrected chi connectivity index (χ1v) is 11.0. The van der Waals surface area contributed by atoms with E-state index in [9.17, 15) is 9.59 Å². The summed E-state index contributed by atoms with van der Waals surface area (Å²) in [6.07, 6.45) is 1.36. The van der Waals surface area contributed by atoms with Gasteiger partial charge in [-0.05, 0) is 50.2 Å². The number of hydrogen-bond donors (Lipinski definition) is 2. The number of halogens is 1. The summed E-state index contributed by atoms with van der Waals surface area (Å²) in [6.45, 7) is 3.65. The number of aromatic nitrogens is 3. The third kappa shape index (κ3) is 4.51. The first-order valence-electron chi connectivity index (χ1n) is 10.6. The van der Waals surface area contributed by atoms with Crippen LogP contribution in [0.15, 0.2) is 64.3 Å². The third-order valence-corrected chi connectivity index (χ3v) is 5.89. The van der Waals surface area contributed by atoms with Crippen LogP contribution < -0.4 is 21.2 Å². The molecule has 0 spiro atoms. The number of benzene rings is 1. The van der Waals surface area contributed by atoms with E-state index in [1.54, 1.807) is 37.4 Å². The number of ether oxygens (including phenoxy) is 1. The van der Waals surface area contributed by atoms with Gasteiger partial charge in [0.2, 0.25) is 0 Å². The van der Waals surface area contributed by atoms with Gasteiger partial charge in [0.25, 0.3) is 11.1 Å². The normalized spacial score (nSPS) is 12.7. The first-order chi connectivity index (χ1) is 16.3. The zero-order valence-electron chi connectivity index (χ0n) is 18.8. The van der Waals surface area contributed by atoms with E-state index in [1.165, 1.54) is 17.7 Å². The summed E-state index contributed by atoms with van der Waals surface area (Å²) in [6, 6.07) is 15.3. The Morgan fingerprint density at radius 3 is 2.68 bits per heavy atom. The van der Waals surface area contributed by atoms with Crippen LogP contribution in [0.2, 0.25) is 5.02 Å². The maximum absolute atomic E-state index is 12.9. The number of pyridine rings is 3. The largest absolute Gasteiger partial charge is 0.483 e. The van der Waals surface area contributed by atoms with Crippen LogP contribution in [0.4, 0.5) is 5.69 Å². The Labute approximate surface area is 200 Å². The lowest BCUT2D eigenvalue weighted by Gasteiger charge is -2.17. The van der Waals surface area contributed by atoms with E-state index in [2.05, 4.69) is 15.3 Å². The van der Waals surface area contributed by atoms with Gasteiger partial charge in [-0.1, -0.05) is 17.7 Å². The summed E-state index contributed by atoms with van der Waals surface area (Å²) >= 11 is 6.48. The minimum absolute atomic E-state index is 0.247. The predicted octanol–water partition coefficient (Wildman–Crippen LogP) is 4.46. The van der Waals surface area contributed by atoms with Crippen LogP contribution in [0, 0.1) is 11.3 Å². The Bertz CT molecular complexity index is 1520. The predicted molar refractivity (Wildman–Crippen MR) is 131 cm³/mol. The number of rotatable bonds is 6. The summed E-state index contributed by atoms with van der Waals surface area (Å²) in [5.41, 5.74) is 1.65. The summed E-state index contributed by atoms with van der Waals surface area (Å²) < 4.78 is 7.25. The van der Waals surface area contributed by atoms with Crippen LogP contribution in [0.1, 0.15) is 42.9 Å². The average Bonchev–Trinajstić information content (AvgIpc) is 2.83. The molecule has 0 saturated carbocycles. The Balaban J connectivity index is 1.63. The minimum atomic E-state index is -0.479. The highest BCUT2D eigenvalue weighted by Gasteiger charge is 2.16. The van der Waals surface area contributed by atoms with Crippen molar-refractivity contribution in [2.75, 3.05) is 5.32 Å². The quantitative estimate of drug-likeness (QED) is 0.425. The molecule has 4 aromatic rings. The highest BCUT2D eigenvalue weighted by Crippen LogP contribution is 2.32. The highest BCUT2D eigenvalue weighted by atomic mass is 35.5. The number of nitrogens with zero attached hydrogens (tertiary/aromatic N) is 3. The van der Waals surface area contributed by atoms with E-state index in [1.807, 2.05) is 31.2 Å². The molecule has 3 aromatic heterocycles. The maximum Gasteiger partial charge on any atom is 0.274 e. The van der Waals surface area contributed by atoms with Gasteiger partial charge in [-0.3, -0.25) is 14.6 Å². The molecular formula is C25H22ClN5O3. The molecule has 2 N–H and O–H groups in total. The van der Waals surface area contributed by atoms with Gasteiger partial charge < -0.3 is 19.6 Å². The lowest BCUT2D eigenvalue weighted by Crippen LogP contribution is -2.26. The number of anilines is 1. The van der Waals surface area contributed by atoms with Crippen LogP contribution in [0.5, 0.6) is 5.75 Å². The second-order valence-electron chi connectivity index (χ2n) is 7.91. The third-order valence-electron chi connectivity index (χ3n) is 5.59. The van der Waals surface area contributed by atoms with Gasteiger partial charge in [0, 0.05) is 30.3 Å². The van der Waals surface area contributed by atoms with E-state index in [4.69, 9.17) is 21.6 Å². The number of hydrogen-bond acceptors (Lipinski definition) is 6. The van der Waals surface area contributed by atoms with Crippen molar-refractivity contribution in [1.29, 1.82) is 5.26 Å². The van der Waals surface area contributed by atoms with Crippen LogP contribution in [-0.4, -0.2) is 14.5 Å². The Kier molecular flexibility index (Phi) is 6.39. The Morgan fingerprint density at radius 2 is 1.97 bits per heavy atom. The van der Waals surface area contributed by atoms with Crippen molar-refractivity contribution >= 4 is 28.2 Å². The van der Waals surface area contributed by atoms with Crippen molar-refractivity contribution in [2.45, 2.75) is 26.0 Å². The van der Waals surface area contributed by atoms with Gasteiger partial charge in [0.05, 0.1) is 22.3 Å². The maximum atomic E-state index is 12.9. The van der Waals surface area contributed by atoms with Gasteiger partial charge in [-0.15, -0.1) is 0 Å². The first kappa shape index (κ1) is 23.1. The Hall–Kier alpha value is -4.09. The second-order valence-corrected chi connectivity index (χ2v) is 8.32. The van der Waals surface area contributed by atoms with E-state index in [0.29, 0.717) is 27.5 Å². The zero-order valence-corrected chi connectivity index (χ0v) is 19.6. The van der Waals surface area contributed by atoms with E-state index < -0.39 is 6.04 Å². The molecule has 8 nitrogen and oxygen atoms in total. The molecule has 0 fully saturated rings. The number of aromatic amines is 1. The van der Waals surface area contributed by atoms with E-state index >= 15 is 0 Å². The number of nitrogens with one attached hydrogen (secondary N) is 2. The fraction of sp³-hybridized carbons (Fsp3) is 0.200.